The summed E-state index contributed by atoms with van der Waals surface area (Å²) in [5.41, 5.74) is 4.37. The molecule has 2 aromatic heterocycles. The maximum atomic E-state index is 12.7. The number of aliphatic hydroxyl groups excluding tert-OH is 1. The number of hydrogen-bond acceptors (Lipinski definition) is 6. The number of carbonyl (C=O) groups is 2. The number of carbonyl (C=O) groups excluding carboxylic acids is 2. The van der Waals surface area contributed by atoms with E-state index in [4.69, 9.17) is 14.2 Å². The van der Waals surface area contributed by atoms with Crippen molar-refractivity contribution in [3.63, 3.8) is 0 Å². The molecular weight excluding hydrogens is 460 g/mol. The SMILES string of the molecule is CC1=C(OC(=O)CCc2c[nH]c3ccccc23)[C@@H](OC(=O)CCc2c[nH]c3ccccc23)COC1O. The van der Waals surface area contributed by atoms with Crippen LogP contribution in [0.1, 0.15) is 30.9 Å². The predicted molar refractivity (Wildman–Crippen MR) is 134 cm³/mol. The highest BCUT2D eigenvalue weighted by Crippen LogP contribution is 2.26. The van der Waals surface area contributed by atoms with Crippen LogP contribution in [-0.4, -0.2) is 46.0 Å². The molecule has 2 aromatic carbocycles. The molecule has 1 aliphatic heterocycles. The lowest BCUT2D eigenvalue weighted by Gasteiger charge is -2.29. The van der Waals surface area contributed by atoms with Gasteiger partial charge in [0.1, 0.15) is 0 Å². The molecule has 0 fully saturated rings. The lowest BCUT2D eigenvalue weighted by molar-refractivity contribution is -0.168. The first kappa shape index (κ1) is 23.8. The van der Waals surface area contributed by atoms with Crippen molar-refractivity contribution in [1.29, 1.82) is 0 Å². The molecule has 186 valence electrons. The van der Waals surface area contributed by atoms with Crippen LogP contribution in [0.3, 0.4) is 0 Å². The lowest BCUT2D eigenvalue weighted by atomic mass is 10.1. The molecule has 1 aliphatic rings. The van der Waals surface area contributed by atoms with Gasteiger partial charge in [0, 0.05) is 46.2 Å². The maximum absolute atomic E-state index is 12.7. The molecule has 0 aliphatic carbocycles. The average Bonchev–Trinajstić information content (AvgIpc) is 3.50. The summed E-state index contributed by atoms with van der Waals surface area (Å²) >= 11 is 0. The number of esters is 2. The molecule has 0 amide bonds. The fraction of sp³-hybridized carbons (Fsp3) is 0.286. The normalized spacial score (nSPS) is 18.1. The molecular formula is C28H28N2O6. The number of para-hydroxylation sites is 2. The van der Waals surface area contributed by atoms with Crippen LogP contribution in [-0.2, 0) is 36.6 Å². The molecule has 4 aromatic rings. The fourth-order valence-corrected chi connectivity index (χ4v) is 4.53. The van der Waals surface area contributed by atoms with Crippen molar-refractivity contribution >= 4 is 33.7 Å². The van der Waals surface area contributed by atoms with Gasteiger partial charge in [-0.2, -0.15) is 0 Å². The number of rotatable bonds is 8. The third-order valence-corrected chi connectivity index (χ3v) is 6.50. The Morgan fingerprint density at radius 1 is 0.917 bits per heavy atom. The molecule has 0 saturated carbocycles. The van der Waals surface area contributed by atoms with E-state index in [1.54, 1.807) is 6.92 Å². The van der Waals surface area contributed by atoms with E-state index >= 15 is 0 Å². The Bertz CT molecular complexity index is 1430. The number of benzene rings is 2. The topological polar surface area (TPSA) is 114 Å². The zero-order chi connectivity index (χ0) is 25.1. The van der Waals surface area contributed by atoms with Crippen molar-refractivity contribution in [2.45, 2.75) is 45.0 Å². The predicted octanol–water partition coefficient (Wildman–Crippen LogP) is 4.29. The van der Waals surface area contributed by atoms with Crippen LogP contribution >= 0.6 is 0 Å². The summed E-state index contributed by atoms with van der Waals surface area (Å²) in [4.78, 5) is 31.7. The number of aryl methyl sites for hydroxylation is 2. The van der Waals surface area contributed by atoms with E-state index in [2.05, 4.69) is 9.97 Å². The van der Waals surface area contributed by atoms with Crippen LogP contribution in [0.4, 0.5) is 0 Å². The van der Waals surface area contributed by atoms with Crippen molar-refractivity contribution < 1.29 is 28.9 Å². The van der Waals surface area contributed by atoms with Gasteiger partial charge in [-0.15, -0.1) is 0 Å². The van der Waals surface area contributed by atoms with Crippen LogP contribution < -0.4 is 0 Å². The summed E-state index contributed by atoms with van der Waals surface area (Å²) in [5.74, 6) is -0.771. The Labute approximate surface area is 207 Å². The molecule has 2 atom stereocenters. The molecule has 5 rings (SSSR count). The summed E-state index contributed by atoms with van der Waals surface area (Å²) in [6.07, 6.45) is 2.94. The Morgan fingerprint density at radius 2 is 1.47 bits per heavy atom. The second-order valence-corrected chi connectivity index (χ2v) is 8.90. The van der Waals surface area contributed by atoms with E-state index < -0.39 is 24.3 Å². The average molecular weight is 489 g/mol. The number of H-pyrrole nitrogens is 2. The molecule has 8 nitrogen and oxygen atoms in total. The molecule has 36 heavy (non-hydrogen) atoms. The van der Waals surface area contributed by atoms with Gasteiger partial charge in [0.15, 0.2) is 18.2 Å². The van der Waals surface area contributed by atoms with Crippen LogP contribution in [0.2, 0.25) is 0 Å². The van der Waals surface area contributed by atoms with Crippen molar-refractivity contribution in [2.24, 2.45) is 0 Å². The minimum absolute atomic E-state index is 0.0948. The Morgan fingerprint density at radius 3 is 2.08 bits per heavy atom. The first-order valence-electron chi connectivity index (χ1n) is 12.0. The zero-order valence-electron chi connectivity index (χ0n) is 20.0. The molecule has 0 saturated heterocycles. The number of aromatic nitrogens is 2. The second-order valence-electron chi connectivity index (χ2n) is 8.90. The van der Waals surface area contributed by atoms with Gasteiger partial charge in [-0.1, -0.05) is 36.4 Å². The van der Waals surface area contributed by atoms with Crippen LogP contribution in [0, 0.1) is 0 Å². The quantitative estimate of drug-likeness (QED) is 0.319. The monoisotopic (exact) mass is 488 g/mol. The summed E-state index contributed by atoms with van der Waals surface area (Å²) in [7, 11) is 0. The Kier molecular flexibility index (Phi) is 6.88. The standard InChI is InChI=1S/C28H28N2O6/c1-17-27(36-26(32)13-11-19-15-30-23-9-5-3-7-21(19)23)24(16-34-28(17)33)35-25(31)12-10-18-14-29-22-8-4-2-6-20(18)22/h2-9,14-15,24,28-30,33H,10-13,16H2,1H3/t24-,28?/m0/s1. The lowest BCUT2D eigenvalue weighted by Crippen LogP contribution is -2.37. The van der Waals surface area contributed by atoms with Crippen molar-refractivity contribution in [2.75, 3.05) is 6.61 Å². The first-order valence-corrected chi connectivity index (χ1v) is 12.0. The van der Waals surface area contributed by atoms with Gasteiger partial charge in [-0.25, -0.2) is 0 Å². The number of fused-ring (bicyclic) bond motifs is 2. The Balaban J connectivity index is 1.20. The third kappa shape index (κ3) is 5.05. The molecule has 0 spiro atoms. The van der Waals surface area contributed by atoms with E-state index in [0.717, 1.165) is 32.9 Å². The minimum atomic E-state index is -1.22. The fourth-order valence-electron chi connectivity index (χ4n) is 4.53. The highest BCUT2D eigenvalue weighted by atomic mass is 16.6. The molecule has 0 bridgehead atoms. The molecule has 0 radical (unpaired) electrons. The van der Waals surface area contributed by atoms with E-state index in [1.165, 1.54) is 0 Å². The maximum Gasteiger partial charge on any atom is 0.311 e. The van der Waals surface area contributed by atoms with Gasteiger partial charge in [0.05, 0.1) is 13.0 Å². The van der Waals surface area contributed by atoms with Gasteiger partial charge in [0.2, 0.25) is 0 Å². The second kappa shape index (κ2) is 10.4. The number of hydrogen-bond donors (Lipinski definition) is 3. The van der Waals surface area contributed by atoms with E-state index in [9.17, 15) is 14.7 Å². The molecule has 8 heteroatoms. The minimum Gasteiger partial charge on any atom is -0.452 e. The number of ether oxygens (including phenoxy) is 3. The van der Waals surface area contributed by atoms with E-state index in [-0.39, 0.29) is 25.2 Å². The van der Waals surface area contributed by atoms with E-state index in [0.29, 0.717) is 18.4 Å². The van der Waals surface area contributed by atoms with Crippen molar-refractivity contribution in [1.82, 2.24) is 9.97 Å². The molecule has 1 unspecified atom stereocenters. The van der Waals surface area contributed by atoms with Gasteiger partial charge in [0.25, 0.3) is 0 Å². The summed E-state index contributed by atoms with van der Waals surface area (Å²) in [6.45, 7) is 1.50. The summed E-state index contributed by atoms with van der Waals surface area (Å²) in [6, 6.07) is 15.8. The number of aliphatic hydroxyl groups is 1. The largest absolute Gasteiger partial charge is 0.452 e. The molecule has 3 heterocycles. The third-order valence-electron chi connectivity index (χ3n) is 6.50. The zero-order valence-corrected chi connectivity index (χ0v) is 20.0. The highest BCUT2D eigenvalue weighted by Gasteiger charge is 2.33. The highest BCUT2D eigenvalue weighted by molar-refractivity contribution is 5.84. The van der Waals surface area contributed by atoms with Crippen molar-refractivity contribution in [3.05, 3.63) is 83.4 Å². The first-order chi connectivity index (χ1) is 17.5. The van der Waals surface area contributed by atoms with Crippen LogP contribution in [0.15, 0.2) is 72.3 Å². The van der Waals surface area contributed by atoms with Gasteiger partial charge in [-0.3, -0.25) is 9.59 Å². The van der Waals surface area contributed by atoms with Gasteiger partial charge >= 0.3 is 11.9 Å². The molecule has 3 N–H and O–H groups in total. The van der Waals surface area contributed by atoms with Gasteiger partial charge < -0.3 is 29.3 Å². The summed E-state index contributed by atoms with van der Waals surface area (Å²) < 4.78 is 16.5. The van der Waals surface area contributed by atoms with E-state index in [1.807, 2.05) is 60.9 Å². The van der Waals surface area contributed by atoms with Crippen LogP contribution in [0.5, 0.6) is 0 Å². The summed E-state index contributed by atoms with van der Waals surface area (Å²) in [5, 5.41) is 12.2. The van der Waals surface area contributed by atoms with Crippen molar-refractivity contribution in [3.8, 4) is 0 Å². The number of nitrogens with one attached hydrogen (secondary N) is 2. The van der Waals surface area contributed by atoms with Crippen LogP contribution in [0.25, 0.3) is 21.8 Å². The Hall–Kier alpha value is -3.88. The van der Waals surface area contributed by atoms with Gasteiger partial charge in [-0.05, 0) is 43.0 Å². The number of aromatic amines is 2. The smallest absolute Gasteiger partial charge is 0.311 e.